The molecule has 0 aliphatic rings. The molecule has 0 N–H and O–H groups in total. The fraction of sp³-hybridized carbons (Fsp3) is 0.294. The van der Waals surface area contributed by atoms with Gasteiger partial charge >= 0.3 is 0 Å². The van der Waals surface area contributed by atoms with Gasteiger partial charge in [-0.05, 0) is 37.1 Å². The number of rotatable bonds is 6. The van der Waals surface area contributed by atoms with E-state index in [4.69, 9.17) is 4.84 Å². The molecule has 0 saturated carbocycles. The average Bonchev–Trinajstić information content (AvgIpc) is 3.17. The monoisotopic (exact) mass is 313 g/mol. The zero-order valence-corrected chi connectivity index (χ0v) is 13.6. The molecular weight excluding hydrogens is 294 g/mol. The first-order valence-electron chi connectivity index (χ1n) is 7.46. The normalized spacial score (nSPS) is 12.0. The number of imidazole rings is 1. The lowest BCUT2D eigenvalue weighted by atomic mass is 10.1. The summed E-state index contributed by atoms with van der Waals surface area (Å²) in [5.41, 5.74) is 3.15. The summed E-state index contributed by atoms with van der Waals surface area (Å²) >= 11 is 1.72. The topological polar surface area (TPSA) is 39.4 Å². The van der Waals surface area contributed by atoms with Crippen molar-refractivity contribution in [1.82, 2.24) is 9.55 Å². The maximum atomic E-state index is 5.00. The third-order valence-corrected chi connectivity index (χ3v) is 4.67. The maximum Gasteiger partial charge on any atom is 0.106 e. The second kappa shape index (κ2) is 6.75. The number of para-hydroxylation sites is 2. The minimum absolute atomic E-state index is 0.939. The highest BCUT2D eigenvalue weighted by Crippen LogP contribution is 2.26. The van der Waals surface area contributed by atoms with Gasteiger partial charge < -0.3 is 4.84 Å². The lowest BCUT2D eigenvalue weighted by Gasteiger charge is -2.02. The van der Waals surface area contributed by atoms with Crippen molar-refractivity contribution in [3.63, 3.8) is 0 Å². The smallest absolute Gasteiger partial charge is 0.106 e. The number of hydrogen-bond acceptors (Lipinski definition) is 4. The molecule has 0 saturated heterocycles. The first-order chi connectivity index (χ1) is 10.8. The molecule has 0 bridgehead atoms. The van der Waals surface area contributed by atoms with E-state index < -0.39 is 0 Å². The highest BCUT2D eigenvalue weighted by molar-refractivity contribution is 7.16. The van der Waals surface area contributed by atoms with Crippen LogP contribution in [-0.2, 0) is 4.84 Å². The molecule has 3 aromatic rings. The molecule has 0 atom stereocenters. The Bertz CT molecular complexity index is 788. The largest absolute Gasteiger partial charge is 0.399 e. The number of thiophene rings is 1. The fourth-order valence-corrected chi connectivity index (χ4v) is 3.41. The van der Waals surface area contributed by atoms with Crippen LogP contribution in [0.4, 0.5) is 0 Å². The van der Waals surface area contributed by atoms with E-state index in [0.29, 0.717) is 0 Å². The van der Waals surface area contributed by atoms with Gasteiger partial charge in [-0.3, -0.25) is 4.57 Å². The van der Waals surface area contributed by atoms with E-state index in [1.807, 2.05) is 24.5 Å². The number of oxime groups is 1. The van der Waals surface area contributed by atoms with Crippen LogP contribution in [-0.4, -0.2) is 22.4 Å². The second-order valence-corrected chi connectivity index (χ2v) is 6.13. The molecule has 0 amide bonds. The Labute approximate surface area is 134 Å². The number of unbranched alkanes of at least 4 members (excludes halogenated alkanes) is 1. The van der Waals surface area contributed by atoms with Gasteiger partial charge in [-0.15, -0.1) is 11.3 Å². The molecule has 0 aliphatic heterocycles. The van der Waals surface area contributed by atoms with Gasteiger partial charge in [0.25, 0.3) is 0 Å². The Morgan fingerprint density at radius 3 is 2.95 bits per heavy atom. The fourth-order valence-electron chi connectivity index (χ4n) is 2.42. The van der Waals surface area contributed by atoms with Crippen molar-refractivity contribution >= 4 is 28.1 Å². The van der Waals surface area contributed by atoms with Crippen molar-refractivity contribution in [2.45, 2.75) is 26.2 Å². The Morgan fingerprint density at radius 1 is 1.27 bits per heavy atom. The summed E-state index contributed by atoms with van der Waals surface area (Å²) in [6, 6.07) is 12.4. The molecular formula is C17H19N3OS. The van der Waals surface area contributed by atoms with E-state index >= 15 is 0 Å². The standard InChI is InChI=1S/C17H19N3OS/c1-3-4-7-14(19-21-2)16-10-11-17(22-16)20-12-18-13-8-5-6-9-15(13)20/h5-6,8-12H,3-4,7H2,1-2H3. The van der Waals surface area contributed by atoms with E-state index in [1.165, 1.54) is 0 Å². The Hall–Kier alpha value is -2.14. The number of fused-ring (bicyclic) bond motifs is 1. The summed E-state index contributed by atoms with van der Waals surface area (Å²) in [6.07, 6.45) is 5.07. The minimum Gasteiger partial charge on any atom is -0.399 e. The van der Waals surface area contributed by atoms with Crippen LogP contribution in [0.15, 0.2) is 47.9 Å². The zero-order valence-electron chi connectivity index (χ0n) is 12.8. The Morgan fingerprint density at radius 2 is 2.14 bits per heavy atom. The molecule has 2 heterocycles. The molecule has 5 heteroatoms. The molecule has 1 aromatic carbocycles. The van der Waals surface area contributed by atoms with Crippen LogP contribution in [0.25, 0.3) is 16.0 Å². The van der Waals surface area contributed by atoms with Crippen LogP contribution in [0, 0.1) is 0 Å². The predicted molar refractivity (Wildman–Crippen MR) is 92.0 cm³/mol. The molecule has 114 valence electrons. The molecule has 0 unspecified atom stereocenters. The van der Waals surface area contributed by atoms with Crippen molar-refractivity contribution in [3.05, 3.63) is 47.6 Å². The van der Waals surface area contributed by atoms with Crippen molar-refractivity contribution in [2.75, 3.05) is 7.11 Å². The van der Waals surface area contributed by atoms with Crippen LogP contribution in [0.5, 0.6) is 0 Å². The van der Waals surface area contributed by atoms with Crippen LogP contribution < -0.4 is 0 Å². The number of aromatic nitrogens is 2. The number of nitrogens with zero attached hydrogens (tertiary/aromatic N) is 3. The predicted octanol–water partition coefficient (Wildman–Crippen LogP) is 4.63. The van der Waals surface area contributed by atoms with E-state index in [0.717, 1.165) is 45.9 Å². The first-order valence-corrected chi connectivity index (χ1v) is 8.28. The van der Waals surface area contributed by atoms with Gasteiger partial charge in [0.1, 0.15) is 18.4 Å². The summed E-state index contributed by atoms with van der Waals surface area (Å²) < 4.78 is 2.12. The van der Waals surface area contributed by atoms with Crippen molar-refractivity contribution in [2.24, 2.45) is 5.16 Å². The molecule has 0 aliphatic carbocycles. The summed E-state index contributed by atoms with van der Waals surface area (Å²) in [7, 11) is 1.60. The summed E-state index contributed by atoms with van der Waals surface area (Å²) in [5, 5.41) is 5.33. The molecule has 4 nitrogen and oxygen atoms in total. The van der Waals surface area contributed by atoms with Crippen molar-refractivity contribution in [3.8, 4) is 5.00 Å². The Kier molecular flexibility index (Phi) is 4.53. The van der Waals surface area contributed by atoms with Gasteiger partial charge in [-0.25, -0.2) is 4.98 Å². The van der Waals surface area contributed by atoms with Gasteiger partial charge in [0.05, 0.1) is 21.6 Å². The third kappa shape index (κ3) is 2.90. The van der Waals surface area contributed by atoms with Crippen LogP contribution in [0.3, 0.4) is 0 Å². The summed E-state index contributed by atoms with van der Waals surface area (Å²) in [6.45, 7) is 2.18. The molecule has 0 spiro atoms. The van der Waals surface area contributed by atoms with Crippen molar-refractivity contribution < 1.29 is 4.84 Å². The first kappa shape index (κ1) is 14.8. The summed E-state index contributed by atoms with van der Waals surface area (Å²) in [4.78, 5) is 10.6. The van der Waals surface area contributed by atoms with E-state index in [9.17, 15) is 0 Å². The van der Waals surface area contributed by atoms with Gasteiger partial charge in [0, 0.05) is 0 Å². The third-order valence-electron chi connectivity index (χ3n) is 3.54. The molecule has 22 heavy (non-hydrogen) atoms. The van der Waals surface area contributed by atoms with Gasteiger partial charge in [-0.1, -0.05) is 30.6 Å². The number of hydrogen-bond donors (Lipinski definition) is 0. The van der Waals surface area contributed by atoms with Crippen molar-refractivity contribution in [1.29, 1.82) is 0 Å². The number of benzene rings is 1. The second-order valence-electron chi connectivity index (χ2n) is 5.07. The maximum absolute atomic E-state index is 5.00. The van der Waals surface area contributed by atoms with Gasteiger partial charge in [-0.2, -0.15) is 0 Å². The lowest BCUT2D eigenvalue weighted by Crippen LogP contribution is -1.98. The highest BCUT2D eigenvalue weighted by Gasteiger charge is 2.11. The van der Waals surface area contributed by atoms with Crippen LogP contribution in [0.1, 0.15) is 31.1 Å². The Balaban J connectivity index is 1.94. The van der Waals surface area contributed by atoms with Gasteiger partial charge in [0.15, 0.2) is 0 Å². The van der Waals surface area contributed by atoms with Crippen LogP contribution >= 0.6 is 11.3 Å². The van der Waals surface area contributed by atoms with Crippen LogP contribution in [0.2, 0.25) is 0 Å². The minimum atomic E-state index is 0.939. The van der Waals surface area contributed by atoms with E-state index in [2.05, 4.69) is 39.8 Å². The zero-order chi connectivity index (χ0) is 15.4. The highest BCUT2D eigenvalue weighted by atomic mass is 32.1. The molecule has 2 aromatic heterocycles. The summed E-state index contributed by atoms with van der Waals surface area (Å²) in [5.74, 6) is 0. The quantitative estimate of drug-likeness (QED) is 0.492. The molecule has 3 rings (SSSR count). The van der Waals surface area contributed by atoms with E-state index in [1.54, 1.807) is 18.4 Å². The lowest BCUT2D eigenvalue weighted by molar-refractivity contribution is 0.213. The van der Waals surface area contributed by atoms with E-state index in [-0.39, 0.29) is 0 Å². The SMILES string of the molecule is CCCCC(=NOC)c1ccc(-n2cnc3ccccc32)s1. The van der Waals surface area contributed by atoms with Gasteiger partial charge in [0.2, 0.25) is 0 Å². The molecule has 0 radical (unpaired) electrons. The molecule has 0 fully saturated rings. The average molecular weight is 313 g/mol.